The van der Waals surface area contributed by atoms with E-state index in [0.29, 0.717) is 0 Å². The Morgan fingerprint density at radius 2 is 1.70 bits per heavy atom. The molecule has 27 heavy (non-hydrogen) atoms. The van der Waals surface area contributed by atoms with Gasteiger partial charge in [-0.3, -0.25) is 20.4 Å². The Bertz CT molecular complexity index is 851. The van der Waals surface area contributed by atoms with Gasteiger partial charge >= 0.3 is 0 Å². The topological polar surface area (TPSA) is 76.7 Å². The van der Waals surface area contributed by atoms with Crippen LogP contribution in [0.4, 0.5) is 4.39 Å². The second kappa shape index (κ2) is 9.64. The average Bonchev–Trinajstić information content (AvgIpc) is 2.63. The predicted molar refractivity (Wildman–Crippen MR) is 99.7 cm³/mol. The van der Waals surface area contributed by atoms with E-state index < -0.39 is 30.3 Å². The van der Waals surface area contributed by atoms with E-state index in [9.17, 15) is 14.0 Å². The zero-order valence-corrected chi connectivity index (χ0v) is 16.2. The molecule has 0 bridgehead atoms. The van der Waals surface area contributed by atoms with E-state index in [4.69, 9.17) is 44.3 Å². The molecule has 0 heterocycles. The van der Waals surface area contributed by atoms with Crippen molar-refractivity contribution in [2.45, 2.75) is 13.0 Å². The highest BCUT2D eigenvalue weighted by molar-refractivity contribution is 6.43. The van der Waals surface area contributed by atoms with E-state index in [0.717, 1.165) is 0 Å². The molecule has 2 aromatic carbocycles. The van der Waals surface area contributed by atoms with Gasteiger partial charge in [-0.2, -0.15) is 0 Å². The van der Waals surface area contributed by atoms with Crippen molar-refractivity contribution < 1.29 is 23.5 Å². The first-order valence-electron chi connectivity index (χ1n) is 7.55. The van der Waals surface area contributed by atoms with Crippen LogP contribution in [0, 0.1) is 5.82 Å². The van der Waals surface area contributed by atoms with Crippen LogP contribution < -0.4 is 20.3 Å². The van der Waals surface area contributed by atoms with Gasteiger partial charge in [-0.05, 0) is 25.1 Å². The summed E-state index contributed by atoms with van der Waals surface area (Å²) in [5, 5.41) is 0.631. The number of rotatable bonds is 6. The van der Waals surface area contributed by atoms with Crippen LogP contribution in [0.15, 0.2) is 36.4 Å². The molecule has 2 N–H and O–H groups in total. The molecule has 0 saturated heterocycles. The van der Waals surface area contributed by atoms with Gasteiger partial charge in [0, 0.05) is 6.07 Å². The number of benzene rings is 2. The van der Waals surface area contributed by atoms with Crippen molar-refractivity contribution in [3.05, 3.63) is 57.3 Å². The van der Waals surface area contributed by atoms with Gasteiger partial charge in [-0.15, -0.1) is 0 Å². The van der Waals surface area contributed by atoms with Gasteiger partial charge in [0.1, 0.15) is 5.75 Å². The quantitative estimate of drug-likeness (QED) is 0.535. The molecule has 0 aliphatic carbocycles. The van der Waals surface area contributed by atoms with Gasteiger partial charge in [0.05, 0.1) is 15.1 Å². The first-order chi connectivity index (χ1) is 12.8. The lowest BCUT2D eigenvalue weighted by atomic mass is 10.3. The van der Waals surface area contributed by atoms with E-state index >= 15 is 0 Å². The van der Waals surface area contributed by atoms with Crippen LogP contribution in [-0.2, 0) is 9.59 Å². The minimum Gasteiger partial charge on any atom is -0.482 e. The number of para-hydroxylation sites is 1. The lowest BCUT2D eigenvalue weighted by Crippen LogP contribution is -2.48. The Balaban J connectivity index is 1.80. The molecule has 0 aliphatic heterocycles. The molecule has 144 valence electrons. The predicted octanol–water partition coefficient (Wildman–Crippen LogP) is 3.78. The molecule has 2 aromatic rings. The molecule has 0 radical (unpaired) electrons. The molecule has 2 rings (SSSR count). The molecule has 0 aliphatic rings. The van der Waals surface area contributed by atoms with Crippen LogP contribution >= 0.6 is 34.8 Å². The average molecular weight is 436 g/mol. The molecular weight excluding hydrogens is 422 g/mol. The molecular formula is C17H14Cl3FN2O4. The normalized spacial score (nSPS) is 11.4. The molecule has 1 atom stereocenters. The van der Waals surface area contributed by atoms with Gasteiger partial charge in [-0.25, -0.2) is 4.39 Å². The largest absolute Gasteiger partial charge is 0.482 e. The molecule has 0 fully saturated rings. The number of nitrogens with one attached hydrogen (secondary N) is 2. The number of carbonyl (C=O) groups excluding carboxylic acids is 2. The van der Waals surface area contributed by atoms with Gasteiger partial charge in [0.25, 0.3) is 11.8 Å². The Labute approximate surface area is 169 Å². The number of hydrogen-bond acceptors (Lipinski definition) is 4. The highest BCUT2D eigenvalue weighted by Gasteiger charge is 2.17. The molecule has 0 aromatic heterocycles. The highest BCUT2D eigenvalue weighted by Crippen LogP contribution is 2.33. The fourth-order valence-corrected chi connectivity index (χ4v) is 2.40. The van der Waals surface area contributed by atoms with Crippen LogP contribution in [0.3, 0.4) is 0 Å². The minimum absolute atomic E-state index is 0.0796. The van der Waals surface area contributed by atoms with E-state index in [-0.39, 0.29) is 26.6 Å². The van der Waals surface area contributed by atoms with E-state index in [1.165, 1.54) is 37.3 Å². The summed E-state index contributed by atoms with van der Waals surface area (Å²) in [4.78, 5) is 23.7. The van der Waals surface area contributed by atoms with E-state index in [2.05, 4.69) is 10.9 Å². The van der Waals surface area contributed by atoms with Crippen molar-refractivity contribution in [3.8, 4) is 11.5 Å². The Kier molecular flexibility index (Phi) is 7.53. The molecule has 1 unspecified atom stereocenters. The minimum atomic E-state index is -1.05. The summed E-state index contributed by atoms with van der Waals surface area (Å²) in [5.41, 5.74) is 4.29. The molecule has 0 spiro atoms. The summed E-state index contributed by atoms with van der Waals surface area (Å²) in [6.45, 7) is 0.959. The van der Waals surface area contributed by atoms with E-state index in [1.807, 2.05) is 0 Å². The smallest absolute Gasteiger partial charge is 0.279 e. The first-order valence-corrected chi connectivity index (χ1v) is 8.68. The fraction of sp³-hybridized carbons (Fsp3) is 0.176. The summed E-state index contributed by atoms with van der Waals surface area (Å²) < 4.78 is 23.9. The second-order valence-corrected chi connectivity index (χ2v) is 6.43. The summed E-state index contributed by atoms with van der Waals surface area (Å²) in [6.07, 6.45) is -1.05. The highest BCUT2D eigenvalue weighted by atomic mass is 35.5. The van der Waals surface area contributed by atoms with Crippen molar-refractivity contribution in [3.63, 3.8) is 0 Å². The number of amides is 2. The van der Waals surface area contributed by atoms with Crippen molar-refractivity contribution in [2.24, 2.45) is 0 Å². The number of hydrazine groups is 1. The van der Waals surface area contributed by atoms with Gasteiger partial charge < -0.3 is 9.47 Å². The van der Waals surface area contributed by atoms with Crippen molar-refractivity contribution in [1.82, 2.24) is 10.9 Å². The number of hydrogen-bond donors (Lipinski definition) is 2. The van der Waals surface area contributed by atoms with Crippen LogP contribution in [0.25, 0.3) is 0 Å². The lowest BCUT2D eigenvalue weighted by molar-refractivity contribution is -0.133. The third-order valence-electron chi connectivity index (χ3n) is 3.17. The Hall–Kier alpha value is -2.22. The maximum Gasteiger partial charge on any atom is 0.279 e. The summed E-state index contributed by atoms with van der Waals surface area (Å²) in [7, 11) is 0. The maximum atomic E-state index is 13.5. The van der Waals surface area contributed by atoms with Crippen LogP contribution in [0.2, 0.25) is 15.1 Å². The fourth-order valence-electron chi connectivity index (χ4n) is 1.81. The number of carbonyl (C=O) groups is 2. The zero-order valence-electron chi connectivity index (χ0n) is 13.9. The SMILES string of the molecule is CC(Oc1ccccc1F)C(=O)NNC(=O)COc1cc(Cl)c(Cl)cc1Cl. The standard InChI is InChI=1S/C17H14Cl3FN2O4/c1-9(27-14-5-3-2-4-13(14)21)17(25)23-22-16(24)8-26-15-7-11(19)10(18)6-12(15)20/h2-7,9H,8H2,1H3,(H,22,24)(H,23,25). The van der Waals surface area contributed by atoms with Crippen molar-refractivity contribution in [2.75, 3.05) is 6.61 Å². The van der Waals surface area contributed by atoms with Crippen LogP contribution in [0.5, 0.6) is 11.5 Å². The molecule has 0 saturated carbocycles. The molecule has 2 amide bonds. The summed E-state index contributed by atoms with van der Waals surface area (Å²) in [6, 6.07) is 8.38. The first kappa shape index (κ1) is 21.1. The second-order valence-electron chi connectivity index (χ2n) is 5.21. The lowest BCUT2D eigenvalue weighted by Gasteiger charge is -2.15. The maximum absolute atomic E-state index is 13.5. The van der Waals surface area contributed by atoms with Crippen LogP contribution in [-0.4, -0.2) is 24.5 Å². The number of ether oxygens (including phenoxy) is 2. The van der Waals surface area contributed by atoms with Crippen molar-refractivity contribution in [1.29, 1.82) is 0 Å². The van der Waals surface area contributed by atoms with Crippen molar-refractivity contribution >= 4 is 46.6 Å². The summed E-state index contributed by atoms with van der Waals surface area (Å²) >= 11 is 17.6. The summed E-state index contributed by atoms with van der Waals surface area (Å²) in [5.74, 6) is -1.87. The van der Waals surface area contributed by atoms with E-state index in [1.54, 1.807) is 6.07 Å². The number of halogens is 4. The van der Waals surface area contributed by atoms with Gasteiger partial charge in [-0.1, -0.05) is 46.9 Å². The monoisotopic (exact) mass is 434 g/mol. The third kappa shape index (κ3) is 6.16. The van der Waals surface area contributed by atoms with Gasteiger partial charge in [0.15, 0.2) is 24.3 Å². The molecule has 6 nitrogen and oxygen atoms in total. The van der Waals surface area contributed by atoms with Gasteiger partial charge in [0.2, 0.25) is 0 Å². The third-order valence-corrected chi connectivity index (χ3v) is 4.19. The Morgan fingerprint density at radius 1 is 1.04 bits per heavy atom. The van der Waals surface area contributed by atoms with Crippen LogP contribution in [0.1, 0.15) is 6.92 Å². The zero-order chi connectivity index (χ0) is 20.0. The Morgan fingerprint density at radius 3 is 2.41 bits per heavy atom. The molecule has 10 heteroatoms.